The monoisotopic (exact) mass is 268 g/mol. The molecule has 3 aromatic heterocycles. The lowest BCUT2D eigenvalue weighted by molar-refractivity contribution is 0.432. The summed E-state index contributed by atoms with van der Waals surface area (Å²) in [5.74, 6) is 0.693. The molecule has 3 heterocycles. The van der Waals surface area contributed by atoms with Gasteiger partial charge < -0.3 is 4.52 Å². The maximum absolute atomic E-state index is 5.88. The van der Waals surface area contributed by atoms with Crippen molar-refractivity contribution in [2.45, 2.75) is 0 Å². The highest BCUT2D eigenvalue weighted by Gasteiger charge is 2.10. The Morgan fingerprint density at radius 2 is 2.19 bits per heavy atom. The van der Waals surface area contributed by atoms with Crippen LogP contribution in [-0.4, -0.2) is 10.1 Å². The van der Waals surface area contributed by atoms with Crippen molar-refractivity contribution < 1.29 is 4.52 Å². The topological polar surface area (TPSA) is 38.9 Å². The average molecular weight is 269 g/mol. The second-order valence-corrected chi connectivity index (χ2v) is 5.59. The highest BCUT2D eigenvalue weighted by molar-refractivity contribution is 7.19. The van der Waals surface area contributed by atoms with E-state index in [4.69, 9.17) is 16.1 Å². The summed E-state index contributed by atoms with van der Waals surface area (Å²) in [6.45, 7) is 0. The molecule has 0 fully saturated rings. The predicted molar refractivity (Wildman–Crippen MR) is 65.9 cm³/mol. The van der Waals surface area contributed by atoms with Gasteiger partial charge in [0, 0.05) is 11.4 Å². The van der Waals surface area contributed by atoms with Crippen LogP contribution in [0.2, 0.25) is 4.34 Å². The van der Waals surface area contributed by atoms with Crippen LogP contribution >= 0.6 is 34.3 Å². The minimum atomic E-state index is 0.693. The van der Waals surface area contributed by atoms with Crippen LogP contribution in [0.25, 0.3) is 21.3 Å². The third-order valence-corrected chi connectivity index (χ3v) is 4.09. The standard InChI is InChI=1S/C10H5ClN2OS2/c11-9-2-1-8(16-9)6-5-15-10(13-6)7-3-4-12-14-7/h1-5H. The molecule has 16 heavy (non-hydrogen) atoms. The van der Waals surface area contributed by atoms with E-state index in [0.29, 0.717) is 5.76 Å². The number of rotatable bonds is 2. The van der Waals surface area contributed by atoms with Gasteiger partial charge in [0.05, 0.1) is 21.1 Å². The van der Waals surface area contributed by atoms with E-state index in [1.54, 1.807) is 12.3 Å². The molecule has 0 N–H and O–H groups in total. The fourth-order valence-corrected chi connectivity index (χ4v) is 3.13. The van der Waals surface area contributed by atoms with Gasteiger partial charge in [0.15, 0.2) is 10.8 Å². The minimum Gasteiger partial charge on any atom is -0.354 e. The van der Waals surface area contributed by atoms with E-state index in [-0.39, 0.29) is 0 Å². The Bertz CT molecular complexity index is 600. The van der Waals surface area contributed by atoms with Crippen LogP contribution in [0.3, 0.4) is 0 Å². The largest absolute Gasteiger partial charge is 0.354 e. The molecule has 6 heteroatoms. The molecule has 3 aromatic rings. The average Bonchev–Trinajstić information content (AvgIpc) is 2.97. The molecule has 3 rings (SSSR count). The molecule has 80 valence electrons. The summed E-state index contributed by atoms with van der Waals surface area (Å²) >= 11 is 8.93. The minimum absolute atomic E-state index is 0.693. The maximum Gasteiger partial charge on any atom is 0.195 e. The molecule has 0 radical (unpaired) electrons. The van der Waals surface area contributed by atoms with Crippen molar-refractivity contribution in [1.29, 1.82) is 0 Å². The van der Waals surface area contributed by atoms with Gasteiger partial charge in [-0.25, -0.2) is 4.98 Å². The number of hydrogen-bond acceptors (Lipinski definition) is 5. The molecule has 3 nitrogen and oxygen atoms in total. The lowest BCUT2D eigenvalue weighted by Gasteiger charge is -1.87. The third-order valence-electron chi connectivity index (χ3n) is 1.98. The summed E-state index contributed by atoms with van der Waals surface area (Å²) in [5, 5.41) is 6.47. The highest BCUT2D eigenvalue weighted by atomic mass is 35.5. The lowest BCUT2D eigenvalue weighted by atomic mass is 10.4. The zero-order valence-corrected chi connectivity index (χ0v) is 10.3. The van der Waals surface area contributed by atoms with Crippen LogP contribution in [0.5, 0.6) is 0 Å². The van der Waals surface area contributed by atoms with Crippen LogP contribution in [-0.2, 0) is 0 Å². The van der Waals surface area contributed by atoms with E-state index >= 15 is 0 Å². The molecular weight excluding hydrogens is 264 g/mol. The van der Waals surface area contributed by atoms with Gasteiger partial charge in [-0.05, 0) is 12.1 Å². The molecule has 0 spiro atoms. The van der Waals surface area contributed by atoms with E-state index in [0.717, 1.165) is 19.9 Å². The van der Waals surface area contributed by atoms with Crippen LogP contribution < -0.4 is 0 Å². The summed E-state index contributed by atoms with van der Waals surface area (Å²) in [6, 6.07) is 5.63. The number of aromatic nitrogens is 2. The number of thiazole rings is 1. The van der Waals surface area contributed by atoms with Crippen LogP contribution in [0, 0.1) is 0 Å². The van der Waals surface area contributed by atoms with E-state index in [1.807, 2.05) is 17.5 Å². The van der Waals surface area contributed by atoms with Gasteiger partial charge in [-0.15, -0.1) is 22.7 Å². The molecule has 0 unspecified atom stereocenters. The van der Waals surface area contributed by atoms with E-state index in [1.165, 1.54) is 22.7 Å². The third kappa shape index (κ3) is 1.77. The van der Waals surface area contributed by atoms with Gasteiger partial charge in [0.1, 0.15) is 0 Å². The van der Waals surface area contributed by atoms with E-state index < -0.39 is 0 Å². The Morgan fingerprint density at radius 3 is 2.88 bits per heavy atom. The molecule has 0 aliphatic rings. The SMILES string of the molecule is Clc1ccc(-c2csc(-c3ccno3)n2)s1. The molecule has 0 aliphatic carbocycles. The fourth-order valence-electron chi connectivity index (χ4n) is 1.28. The first kappa shape index (κ1) is 10.0. The van der Waals surface area contributed by atoms with Gasteiger partial charge in [0.25, 0.3) is 0 Å². The predicted octanol–water partition coefficient (Wildman–Crippen LogP) is 4.18. The molecule has 0 bridgehead atoms. The molecule has 0 aromatic carbocycles. The quantitative estimate of drug-likeness (QED) is 0.700. The smallest absolute Gasteiger partial charge is 0.195 e. The second-order valence-electron chi connectivity index (χ2n) is 3.02. The Morgan fingerprint density at radius 1 is 1.25 bits per heavy atom. The first-order chi connectivity index (χ1) is 7.83. The Labute approximate surface area is 104 Å². The Balaban J connectivity index is 2.00. The first-order valence-corrected chi connectivity index (χ1v) is 6.52. The van der Waals surface area contributed by atoms with Gasteiger partial charge in [-0.2, -0.15) is 0 Å². The molecule has 0 saturated carbocycles. The van der Waals surface area contributed by atoms with Gasteiger partial charge in [-0.1, -0.05) is 16.8 Å². The number of halogens is 1. The number of hydrogen-bond donors (Lipinski definition) is 0. The summed E-state index contributed by atoms with van der Waals surface area (Å²) in [5.41, 5.74) is 0.924. The van der Waals surface area contributed by atoms with Crippen molar-refractivity contribution in [2.24, 2.45) is 0 Å². The molecular formula is C10H5ClN2OS2. The Hall–Kier alpha value is -1.17. The van der Waals surface area contributed by atoms with Crippen LogP contribution in [0.4, 0.5) is 0 Å². The normalized spacial score (nSPS) is 10.8. The molecule has 0 aliphatic heterocycles. The van der Waals surface area contributed by atoms with Crippen LogP contribution in [0.1, 0.15) is 0 Å². The molecule has 0 saturated heterocycles. The zero-order valence-electron chi connectivity index (χ0n) is 7.88. The molecule has 0 atom stereocenters. The van der Waals surface area contributed by atoms with Crippen molar-refractivity contribution in [1.82, 2.24) is 10.1 Å². The summed E-state index contributed by atoms with van der Waals surface area (Å²) in [4.78, 5) is 5.53. The van der Waals surface area contributed by atoms with Gasteiger partial charge >= 0.3 is 0 Å². The lowest BCUT2D eigenvalue weighted by Crippen LogP contribution is -1.73. The second kappa shape index (κ2) is 4.01. The zero-order chi connectivity index (χ0) is 11.0. The van der Waals surface area contributed by atoms with E-state index in [9.17, 15) is 0 Å². The Kier molecular flexibility index (Phi) is 2.51. The fraction of sp³-hybridized carbons (Fsp3) is 0. The number of nitrogens with zero attached hydrogens (tertiary/aromatic N) is 2. The summed E-state index contributed by atoms with van der Waals surface area (Å²) in [7, 11) is 0. The van der Waals surface area contributed by atoms with Crippen molar-refractivity contribution >= 4 is 34.3 Å². The first-order valence-electron chi connectivity index (χ1n) is 4.45. The van der Waals surface area contributed by atoms with Crippen LogP contribution in [0.15, 0.2) is 34.3 Å². The van der Waals surface area contributed by atoms with E-state index in [2.05, 4.69) is 10.1 Å². The van der Waals surface area contributed by atoms with Gasteiger partial charge in [-0.3, -0.25) is 0 Å². The summed E-state index contributed by atoms with van der Waals surface area (Å²) < 4.78 is 5.82. The van der Waals surface area contributed by atoms with Crippen molar-refractivity contribution in [2.75, 3.05) is 0 Å². The molecule has 0 amide bonds. The van der Waals surface area contributed by atoms with Crippen molar-refractivity contribution in [3.8, 4) is 21.3 Å². The number of thiophene rings is 1. The van der Waals surface area contributed by atoms with Crippen molar-refractivity contribution in [3.63, 3.8) is 0 Å². The maximum atomic E-state index is 5.88. The summed E-state index contributed by atoms with van der Waals surface area (Å²) in [6.07, 6.45) is 1.61. The highest BCUT2D eigenvalue weighted by Crippen LogP contribution is 2.34. The van der Waals surface area contributed by atoms with Crippen molar-refractivity contribution in [3.05, 3.63) is 34.1 Å². The van der Waals surface area contributed by atoms with Gasteiger partial charge in [0.2, 0.25) is 0 Å².